The quantitative estimate of drug-likeness (QED) is 0.743. The summed E-state index contributed by atoms with van der Waals surface area (Å²) in [4.78, 5) is 39.1. The fourth-order valence-electron chi connectivity index (χ4n) is 2.62. The highest BCUT2D eigenvalue weighted by Crippen LogP contribution is 2.36. The topological polar surface area (TPSA) is 78.5 Å². The molecular weight excluding hydrogens is 421 g/mol. The van der Waals surface area contributed by atoms with Crippen molar-refractivity contribution in [1.29, 1.82) is 0 Å². The van der Waals surface area contributed by atoms with Crippen LogP contribution in [-0.2, 0) is 14.4 Å². The second-order valence-corrected chi connectivity index (χ2v) is 8.28. The van der Waals surface area contributed by atoms with Crippen molar-refractivity contribution in [2.45, 2.75) is 16.6 Å². The summed E-state index contributed by atoms with van der Waals surface area (Å²) in [7, 11) is 1.52. The molecule has 28 heavy (non-hydrogen) atoms. The molecule has 0 fully saturated rings. The van der Waals surface area contributed by atoms with Crippen molar-refractivity contribution in [3.63, 3.8) is 0 Å². The van der Waals surface area contributed by atoms with E-state index in [4.69, 9.17) is 23.2 Å². The van der Waals surface area contributed by atoms with Gasteiger partial charge >= 0.3 is 0 Å². The van der Waals surface area contributed by atoms with Crippen LogP contribution in [0.2, 0.25) is 10.0 Å². The number of anilines is 2. The Bertz CT molecular complexity index is 938. The maximum Gasteiger partial charge on any atom is 0.243 e. The number of halogens is 2. The predicted octanol–water partition coefficient (Wildman–Crippen LogP) is 3.89. The van der Waals surface area contributed by atoms with E-state index in [1.165, 1.54) is 29.8 Å². The predicted molar refractivity (Wildman–Crippen MR) is 112 cm³/mol. The molecule has 0 radical (unpaired) electrons. The first-order valence-corrected chi connectivity index (χ1v) is 10.0. The van der Waals surface area contributed by atoms with Crippen LogP contribution < -0.4 is 10.6 Å². The van der Waals surface area contributed by atoms with E-state index in [1.807, 2.05) is 24.3 Å². The second-order valence-electron chi connectivity index (χ2n) is 6.22. The smallest absolute Gasteiger partial charge is 0.243 e. The van der Waals surface area contributed by atoms with Gasteiger partial charge in [0.25, 0.3) is 0 Å². The van der Waals surface area contributed by atoms with Gasteiger partial charge in [0.1, 0.15) is 0 Å². The average molecular weight is 438 g/mol. The molecule has 146 valence electrons. The number of carbonyl (C=O) groups is 3. The summed E-state index contributed by atoms with van der Waals surface area (Å²) in [6.45, 7) is -0.144. The van der Waals surface area contributed by atoms with Gasteiger partial charge in [0.2, 0.25) is 17.7 Å². The van der Waals surface area contributed by atoms with E-state index < -0.39 is 5.25 Å². The lowest BCUT2D eigenvalue weighted by Crippen LogP contribution is -2.39. The van der Waals surface area contributed by atoms with Gasteiger partial charge in [0, 0.05) is 24.1 Å². The summed E-state index contributed by atoms with van der Waals surface area (Å²) >= 11 is 13.1. The zero-order chi connectivity index (χ0) is 20.3. The number of likely N-dealkylation sites (N-methyl/N-ethyl adjacent to an activating group) is 1. The summed E-state index contributed by atoms with van der Waals surface area (Å²) in [5.74, 6) is -0.887. The van der Waals surface area contributed by atoms with Crippen LogP contribution in [0.5, 0.6) is 0 Å². The van der Waals surface area contributed by atoms with E-state index in [0.29, 0.717) is 15.7 Å². The number of para-hydroxylation sites is 1. The molecule has 9 heteroatoms. The molecule has 3 amide bonds. The van der Waals surface area contributed by atoms with Crippen LogP contribution in [0.15, 0.2) is 47.4 Å². The van der Waals surface area contributed by atoms with Crippen LogP contribution in [0.4, 0.5) is 11.4 Å². The number of hydrogen-bond donors (Lipinski definition) is 2. The van der Waals surface area contributed by atoms with Gasteiger partial charge < -0.3 is 15.5 Å². The summed E-state index contributed by atoms with van der Waals surface area (Å²) in [5, 5.41) is 5.64. The Morgan fingerprint density at radius 1 is 1.18 bits per heavy atom. The maximum atomic E-state index is 12.5. The highest BCUT2D eigenvalue weighted by Gasteiger charge is 2.30. The number of fused-ring (bicyclic) bond motifs is 1. The summed E-state index contributed by atoms with van der Waals surface area (Å²) in [6, 6.07) is 12.2. The number of rotatable bonds is 5. The number of carbonyl (C=O) groups excluding carboxylic acids is 3. The van der Waals surface area contributed by atoms with Gasteiger partial charge in [-0.05, 0) is 30.3 Å². The lowest BCUT2D eigenvalue weighted by molar-refractivity contribution is -0.134. The van der Waals surface area contributed by atoms with Crippen molar-refractivity contribution in [2.75, 3.05) is 24.2 Å². The molecule has 2 aromatic carbocycles. The molecule has 2 N–H and O–H groups in total. The minimum Gasteiger partial charge on any atom is -0.336 e. The Morgan fingerprint density at radius 2 is 1.93 bits per heavy atom. The Balaban J connectivity index is 1.55. The highest BCUT2D eigenvalue weighted by atomic mass is 35.5. The number of hydrogen-bond acceptors (Lipinski definition) is 4. The van der Waals surface area contributed by atoms with E-state index >= 15 is 0 Å². The fraction of sp³-hybridized carbons (Fsp3) is 0.211. The highest BCUT2D eigenvalue weighted by molar-refractivity contribution is 8.01. The van der Waals surface area contributed by atoms with Crippen LogP contribution in [0, 0.1) is 0 Å². The molecule has 3 rings (SSSR count). The molecule has 1 heterocycles. The number of nitrogens with zero attached hydrogens (tertiary/aromatic N) is 1. The molecular formula is C19H17Cl2N3O3S. The van der Waals surface area contributed by atoms with Crippen LogP contribution in [0.1, 0.15) is 6.42 Å². The summed E-state index contributed by atoms with van der Waals surface area (Å²) in [6.07, 6.45) is 0.00138. The molecule has 6 nitrogen and oxygen atoms in total. The first-order chi connectivity index (χ1) is 13.3. The number of thioether (sulfide) groups is 1. The molecule has 1 aliphatic heterocycles. The zero-order valence-electron chi connectivity index (χ0n) is 14.9. The van der Waals surface area contributed by atoms with E-state index in [2.05, 4.69) is 10.6 Å². The molecule has 0 aromatic heterocycles. The minimum absolute atomic E-state index is 0.00138. The van der Waals surface area contributed by atoms with Gasteiger partial charge in [0.15, 0.2) is 0 Å². The first-order valence-electron chi connectivity index (χ1n) is 8.39. The largest absolute Gasteiger partial charge is 0.336 e. The van der Waals surface area contributed by atoms with Crippen molar-refractivity contribution in [3.8, 4) is 0 Å². The number of nitrogens with one attached hydrogen (secondary N) is 2. The number of benzene rings is 2. The standard InChI is InChI=1S/C19H17Cl2N3O3S/c1-24(10-17(25)22-11-6-7-12(20)13(21)8-11)18(26)9-16-19(27)23-14-4-2-3-5-15(14)28-16/h2-8,16H,9-10H2,1H3,(H,22,25)(H,23,27). The lowest BCUT2D eigenvalue weighted by Gasteiger charge is -2.25. The Kier molecular flexibility index (Phi) is 6.49. The molecule has 0 aliphatic carbocycles. The third-order valence-electron chi connectivity index (χ3n) is 4.08. The molecule has 2 aromatic rings. The van der Waals surface area contributed by atoms with E-state index in [1.54, 1.807) is 12.1 Å². The van der Waals surface area contributed by atoms with Crippen LogP contribution in [0.25, 0.3) is 0 Å². The van der Waals surface area contributed by atoms with Crippen molar-refractivity contribution < 1.29 is 14.4 Å². The monoisotopic (exact) mass is 437 g/mol. The molecule has 0 saturated heterocycles. The van der Waals surface area contributed by atoms with E-state index in [9.17, 15) is 14.4 Å². The first kappa shape index (κ1) is 20.5. The van der Waals surface area contributed by atoms with Crippen molar-refractivity contribution in [3.05, 3.63) is 52.5 Å². The van der Waals surface area contributed by atoms with Crippen LogP contribution >= 0.6 is 35.0 Å². The Hall–Kier alpha value is -2.22. The average Bonchev–Trinajstić information content (AvgIpc) is 2.65. The van der Waals surface area contributed by atoms with Gasteiger partial charge in [-0.25, -0.2) is 0 Å². The van der Waals surface area contributed by atoms with Gasteiger partial charge in [-0.1, -0.05) is 35.3 Å². The summed E-state index contributed by atoms with van der Waals surface area (Å²) in [5.41, 5.74) is 1.23. The molecule has 0 saturated carbocycles. The molecule has 1 atom stereocenters. The van der Waals surface area contributed by atoms with E-state index in [0.717, 1.165) is 10.6 Å². The minimum atomic E-state index is -0.539. The third-order valence-corrected chi connectivity index (χ3v) is 6.09. The molecule has 0 spiro atoms. The molecule has 1 unspecified atom stereocenters. The fourth-order valence-corrected chi connectivity index (χ4v) is 4.02. The van der Waals surface area contributed by atoms with Gasteiger partial charge in [-0.3, -0.25) is 14.4 Å². The Labute approximate surface area is 176 Å². The van der Waals surface area contributed by atoms with Crippen molar-refractivity contribution >= 4 is 64.1 Å². The van der Waals surface area contributed by atoms with Crippen molar-refractivity contribution in [2.24, 2.45) is 0 Å². The molecule has 1 aliphatic rings. The van der Waals surface area contributed by atoms with Gasteiger partial charge in [0.05, 0.1) is 27.5 Å². The normalized spacial score (nSPS) is 15.4. The van der Waals surface area contributed by atoms with Crippen molar-refractivity contribution in [1.82, 2.24) is 4.90 Å². The lowest BCUT2D eigenvalue weighted by atomic mass is 10.2. The Morgan fingerprint density at radius 3 is 2.68 bits per heavy atom. The van der Waals surface area contributed by atoms with Gasteiger partial charge in [-0.2, -0.15) is 0 Å². The number of amides is 3. The van der Waals surface area contributed by atoms with Crippen LogP contribution in [-0.4, -0.2) is 41.5 Å². The molecule has 0 bridgehead atoms. The summed E-state index contributed by atoms with van der Waals surface area (Å²) < 4.78 is 0. The van der Waals surface area contributed by atoms with Gasteiger partial charge in [-0.15, -0.1) is 11.8 Å². The third kappa shape index (κ3) is 4.98. The zero-order valence-corrected chi connectivity index (χ0v) is 17.2. The van der Waals surface area contributed by atoms with E-state index in [-0.39, 0.29) is 30.7 Å². The maximum absolute atomic E-state index is 12.5. The second kappa shape index (κ2) is 8.86. The van der Waals surface area contributed by atoms with Crippen LogP contribution in [0.3, 0.4) is 0 Å². The SMILES string of the molecule is CN(CC(=O)Nc1ccc(Cl)c(Cl)c1)C(=O)CC1Sc2ccccc2NC1=O.